The zero-order valence-electron chi connectivity index (χ0n) is 12.6. The molecule has 2 rings (SSSR count). The molecule has 1 fully saturated rings. The van der Waals surface area contributed by atoms with Gasteiger partial charge in [0.25, 0.3) is 0 Å². The molecule has 2 heterocycles. The Morgan fingerprint density at radius 3 is 2.71 bits per heavy atom. The molecule has 6 heteroatoms. The minimum Gasteiger partial charge on any atom is -0.458 e. The lowest BCUT2D eigenvalue weighted by molar-refractivity contribution is -0.138. The van der Waals surface area contributed by atoms with Crippen molar-refractivity contribution in [3.05, 3.63) is 18.2 Å². The first-order chi connectivity index (χ1) is 10.1. The Morgan fingerprint density at radius 1 is 1.43 bits per heavy atom. The first kappa shape index (κ1) is 15.7. The Morgan fingerprint density at radius 2 is 2.10 bits per heavy atom. The number of hydrogen-bond acceptors (Lipinski definition) is 4. The van der Waals surface area contributed by atoms with E-state index >= 15 is 0 Å². The second-order valence-corrected chi connectivity index (χ2v) is 5.36. The fourth-order valence-electron chi connectivity index (χ4n) is 2.64. The van der Waals surface area contributed by atoms with Crippen LogP contribution in [0.1, 0.15) is 39.5 Å². The number of hydrogen-bond donors (Lipinski definition) is 0. The average molecular weight is 295 g/mol. The average Bonchev–Trinajstić information content (AvgIpc) is 2.51. The predicted molar refractivity (Wildman–Crippen MR) is 76.3 cm³/mol. The molecular weight excluding hydrogens is 273 g/mol. The molecule has 116 valence electrons. The lowest BCUT2D eigenvalue weighted by Crippen LogP contribution is -2.46. The van der Waals surface area contributed by atoms with Gasteiger partial charge in [0, 0.05) is 12.5 Å². The van der Waals surface area contributed by atoms with E-state index in [0.717, 1.165) is 44.6 Å². The first-order valence-electron chi connectivity index (χ1n) is 7.57. The van der Waals surface area contributed by atoms with Crippen LogP contribution in [-0.4, -0.2) is 40.0 Å². The van der Waals surface area contributed by atoms with Crippen LogP contribution in [-0.2, 0) is 4.79 Å². The van der Waals surface area contributed by atoms with Gasteiger partial charge in [-0.3, -0.25) is 4.79 Å². The van der Waals surface area contributed by atoms with Gasteiger partial charge < -0.3 is 9.64 Å². The van der Waals surface area contributed by atoms with Crippen LogP contribution in [0.15, 0.2) is 12.4 Å². The summed E-state index contributed by atoms with van der Waals surface area (Å²) in [5, 5.41) is 0. The molecule has 1 atom stereocenters. The van der Waals surface area contributed by atoms with Crippen LogP contribution in [0.5, 0.6) is 6.01 Å². The third-order valence-electron chi connectivity index (χ3n) is 3.89. The summed E-state index contributed by atoms with van der Waals surface area (Å²) in [6.45, 7) is 5.41. The predicted octanol–water partition coefficient (Wildman–Crippen LogP) is 2.42. The van der Waals surface area contributed by atoms with Crippen LogP contribution in [0.4, 0.5) is 4.39 Å². The highest BCUT2D eigenvalue weighted by molar-refractivity contribution is 5.78. The summed E-state index contributed by atoms with van der Waals surface area (Å²) in [7, 11) is 0. The number of likely N-dealkylation sites (tertiary alicyclic amines) is 1. The standard InChI is InChI=1S/C15H22FN3O2/c1-3-11(4-2)14(20)19-7-5-6-13(10-19)21-15-17-8-12(16)9-18-15/h8-9,11,13H,3-7,10H2,1-2H3/t13-/m1/s1. The van der Waals surface area contributed by atoms with E-state index in [4.69, 9.17) is 4.74 Å². The highest BCUT2D eigenvalue weighted by Crippen LogP contribution is 2.19. The fraction of sp³-hybridized carbons (Fsp3) is 0.667. The number of carbonyl (C=O) groups excluding carboxylic acids is 1. The highest BCUT2D eigenvalue weighted by atomic mass is 19.1. The zero-order valence-corrected chi connectivity index (χ0v) is 12.6. The van der Waals surface area contributed by atoms with Gasteiger partial charge >= 0.3 is 6.01 Å². The summed E-state index contributed by atoms with van der Waals surface area (Å²) in [6.07, 6.45) is 5.51. The summed E-state index contributed by atoms with van der Waals surface area (Å²) in [5.41, 5.74) is 0. The van der Waals surface area contributed by atoms with E-state index in [2.05, 4.69) is 9.97 Å². The van der Waals surface area contributed by atoms with Crippen molar-refractivity contribution in [3.63, 3.8) is 0 Å². The number of carbonyl (C=O) groups is 1. The van der Waals surface area contributed by atoms with Gasteiger partial charge in [0.05, 0.1) is 18.9 Å². The summed E-state index contributed by atoms with van der Waals surface area (Å²) < 4.78 is 18.4. The van der Waals surface area contributed by atoms with Gasteiger partial charge in [-0.15, -0.1) is 0 Å². The fourth-order valence-corrected chi connectivity index (χ4v) is 2.64. The van der Waals surface area contributed by atoms with Gasteiger partial charge in [-0.05, 0) is 25.7 Å². The second-order valence-electron chi connectivity index (χ2n) is 5.36. The minimum atomic E-state index is -0.489. The molecule has 5 nitrogen and oxygen atoms in total. The van der Waals surface area contributed by atoms with E-state index in [1.807, 2.05) is 18.7 Å². The molecule has 1 saturated heterocycles. The van der Waals surface area contributed by atoms with Gasteiger partial charge in [0.1, 0.15) is 6.10 Å². The molecule has 1 aromatic rings. The van der Waals surface area contributed by atoms with Crippen molar-refractivity contribution in [1.82, 2.24) is 14.9 Å². The highest BCUT2D eigenvalue weighted by Gasteiger charge is 2.28. The number of piperidine rings is 1. The molecule has 0 radical (unpaired) electrons. The zero-order chi connectivity index (χ0) is 15.2. The van der Waals surface area contributed by atoms with Gasteiger partial charge in [0.2, 0.25) is 5.91 Å². The quantitative estimate of drug-likeness (QED) is 0.837. The molecule has 1 aliphatic rings. The minimum absolute atomic E-state index is 0.0887. The molecule has 1 aromatic heterocycles. The molecule has 0 N–H and O–H groups in total. The smallest absolute Gasteiger partial charge is 0.316 e. The maximum absolute atomic E-state index is 12.8. The van der Waals surface area contributed by atoms with Crippen LogP contribution in [0.3, 0.4) is 0 Å². The monoisotopic (exact) mass is 295 g/mol. The molecule has 21 heavy (non-hydrogen) atoms. The van der Waals surface area contributed by atoms with Crippen LogP contribution < -0.4 is 4.74 Å². The molecule has 0 aliphatic carbocycles. The van der Waals surface area contributed by atoms with E-state index in [-0.39, 0.29) is 23.9 Å². The van der Waals surface area contributed by atoms with Crippen molar-refractivity contribution in [2.45, 2.75) is 45.6 Å². The SMILES string of the molecule is CCC(CC)C(=O)N1CCC[C@@H](Oc2ncc(F)cn2)C1. The van der Waals surface area contributed by atoms with Gasteiger partial charge in [-0.2, -0.15) is 0 Å². The van der Waals surface area contributed by atoms with Gasteiger partial charge in [0.15, 0.2) is 5.82 Å². The number of aromatic nitrogens is 2. The molecule has 0 bridgehead atoms. The molecule has 0 aromatic carbocycles. The summed E-state index contributed by atoms with van der Waals surface area (Å²) in [5.74, 6) is -0.198. The van der Waals surface area contributed by atoms with Crippen molar-refractivity contribution in [3.8, 4) is 6.01 Å². The Bertz CT molecular complexity index is 462. The molecule has 0 unspecified atom stereocenters. The van der Waals surface area contributed by atoms with Crippen LogP contribution in [0.25, 0.3) is 0 Å². The summed E-state index contributed by atoms with van der Waals surface area (Å²) >= 11 is 0. The Hall–Kier alpha value is -1.72. The van der Waals surface area contributed by atoms with Crippen molar-refractivity contribution >= 4 is 5.91 Å². The first-order valence-corrected chi connectivity index (χ1v) is 7.57. The van der Waals surface area contributed by atoms with E-state index < -0.39 is 5.82 Å². The van der Waals surface area contributed by atoms with E-state index in [0.29, 0.717) is 6.54 Å². The molecule has 0 spiro atoms. The van der Waals surface area contributed by atoms with Crippen LogP contribution in [0, 0.1) is 11.7 Å². The Balaban J connectivity index is 1.94. The number of rotatable bonds is 5. The molecule has 1 amide bonds. The van der Waals surface area contributed by atoms with Crippen LogP contribution in [0.2, 0.25) is 0 Å². The van der Waals surface area contributed by atoms with Crippen LogP contribution >= 0.6 is 0 Å². The third-order valence-corrected chi connectivity index (χ3v) is 3.89. The number of nitrogens with zero attached hydrogens (tertiary/aromatic N) is 3. The van der Waals surface area contributed by atoms with Gasteiger partial charge in [-0.1, -0.05) is 13.8 Å². The second kappa shape index (κ2) is 7.33. The van der Waals surface area contributed by atoms with Crippen molar-refractivity contribution in [2.75, 3.05) is 13.1 Å². The van der Waals surface area contributed by atoms with Gasteiger partial charge in [-0.25, -0.2) is 14.4 Å². The lowest BCUT2D eigenvalue weighted by atomic mass is 9.99. The maximum atomic E-state index is 12.8. The molecule has 0 saturated carbocycles. The number of amides is 1. The van der Waals surface area contributed by atoms with E-state index in [1.165, 1.54) is 0 Å². The third kappa shape index (κ3) is 4.12. The molecule has 1 aliphatic heterocycles. The topological polar surface area (TPSA) is 55.3 Å². The lowest BCUT2D eigenvalue weighted by Gasteiger charge is -2.34. The summed E-state index contributed by atoms with van der Waals surface area (Å²) in [6, 6.07) is 0.165. The van der Waals surface area contributed by atoms with Crippen molar-refractivity contribution in [1.29, 1.82) is 0 Å². The Kier molecular flexibility index (Phi) is 5.47. The Labute approximate surface area is 124 Å². The van der Waals surface area contributed by atoms with Crippen molar-refractivity contribution in [2.24, 2.45) is 5.92 Å². The maximum Gasteiger partial charge on any atom is 0.316 e. The largest absolute Gasteiger partial charge is 0.458 e. The molecular formula is C15H22FN3O2. The van der Waals surface area contributed by atoms with Crippen molar-refractivity contribution < 1.29 is 13.9 Å². The van der Waals surface area contributed by atoms with E-state index in [9.17, 15) is 9.18 Å². The summed E-state index contributed by atoms with van der Waals surface area (Å²) in [4.78, 5) is 21.9. The number of halogens is 1. The normalized spacial score (nSPS) is 18.9. The van der Waals surface area contributed by atoms with E-state index in [1.54, 1.807) is 0 Å². The number of ether oxygens (including phenoxy) is 1.